The molecule has 0 saturated carbocycles. The van der Waals surface area contributed by atoms with E-state index < -0.39 is 0 Å². The predicted molar refractivity (Wildman–Crippen MR) is 197 cm³/mol. The Morgan fingerprint density at radius 3 is 1.76 bits per heavy atom. The number of pyridine rings is 2. The van der Waals surface area contributed by atoms with E-state index in [0.29, 0.717) is 11.3 Å². The van der Waals surface area contributed by atoms with Gasteiger partial charge in [-0.2, -0.15) is 5.26 Å². The van der Waals surface area contributed by atoms with E-state index in [9.17, 15) is 5.26 Å². The molecule has 0 unspecified atom stereocenters. The number of hydrogen-bond acceptors (Lipinski definition) is 4. The van der Waals surface area contributed by atoms with Gasteiger partial charge in [0.1, 0.15) is 17.2 Å². The monoisotopic (exact) mass is 624 g/mol. The molecule has 0 atom stereocenters. The highest BCUT2D eigenvalue weighted by Crippen LogP contribution is 2.47. The molecule has 9 aromatic rings. The number of rotatable bonds is 4. The van der Waals surface area contributed by atoms with Gasteiger partial charge in [-0.25, -0.2) is 4.85 Å². The number of benzene rings is 6. The molecule has 0 amide bonds. The Morgan fingerprint density at radius 2 is 1.08 bits per heavy atom. The Hall–Kier alpha value is -7.08. The summed E-state index contributed by atoms with van der Waals surface area (Å²) in [6.45, 7) is 7.50. The Kier molecular flexibility index (Phi) is 6.50. The summed E-state index contributed by atoms with van der Waals surface area (Å²) in [5, 5.41) is 16.1. The molecule has 0 saturated heterocycles. The van der Waals surface area contributed by atoms with Crippen LogP contribution in [0.4, 0.5) is 5.69 Å². The maximum atomic E-state index is 9.53. The zero-order valence-corrected chi connectivity index (χ0v) is 26.1. The van der Waals surface area contributed by atoms with Crippen LogP contribution < -0.4 is 0 Å². The quantitative estimate of drug-likeness (QED) is 0.144. The van der Waals surface area contributed by atoms with Gasteiger partial charge in [-0.3, -0.25) is 9.97 Å². The van der Waals surface area contributed by atoms with E-state index in [4.69, 9.17) is 11.0 Å². The second kappa shape index (κ2) is 11.3. The predicted octanol–water partition coefficient (Wildman–Crippen LogP) is 11.8. The number of hydrogen-bond donors (Lipinski definition) is 0. The number of nitriles is 1. The second-order valence-electron chi connectivity index (χ2n) is 12.1. The second-order valence-corrected chi connectivity index (χ2v) is 12.1. The van der Waals surface area contributed by atoms with Crippen LogP contribution in [0.2, 0.25) is 0 Å². The van der Waals surface area contributed by atoms with Crippen molar-refractivity contribution in [1.82, 2.24) is 9.97 Å². The molecule has 226 valence electrons. The Labute approximate surface area is 281 Å². The first kappa shape index (κ1) is 28.2. The minimum Gasteiger partial charge on any atom is -0.456 e. The molecule has 0 N–H and O–H groups in total. The normalized spacial score (nSPS) is 11.2. The van der Waals surface area contributed by atoms with Crippen LogP contribution in [0.3, 0.4) is 0 Å². The lowest BCUT2D eigenvalue weighted by Gasteiger charge is -2.19. The highest BCUT2D eigenvalue weighted by molar-refractivity contribution is 6.25. The van der Waals surface area contributed by atoms with Crippen molar-refractivity contribution >= 4 is 49.2 Å². The lowest BCUT2D eigenvalue weighted by Crippen LogP contribution is -1.92. The van der Waals surface area contributed by atoms with Crippen molar-refractivity contribution < 1.29 is 4.42 Å². The molecule has 9 rings (SSSR count). The van der Waals surface area contributed by atoms with Crippen LogP contribution in [0.25, 0.3) is 92.8 Å². The summed E-state index contributed by atoms with van der Waals surface area (Å²) in [5.74, 6) is 0. The average molecular weight is 625 g/mol. The van der Waals surface area contributed by atoms with Gasteiger partial charge in [0.05, 0.1) is 12.1 Å². The number of nitrogens with zero attached hydrogens (tertiary/aromatic N) is 4. The molecule has 6 aromatic carbocycles. The molecular formula is C44H24N4O. The Balaban J connectivity index is 1.38. The fraction of sp³-hybridized carbons (Fsp3) is 0. The molecule has 5 nitrogen and oxygen atoms in total. The number of furan rings is 1. The smallest absolute Gasteiger partial charge is 0.205 e. The molecule has 0 radical (unpaired) electrons. The summed E-state index contributed by atoms with van der Waals surface area (Å²) in [6, 6.07) is 44.1. The van der Waals surface area contributed by atoms with E-state index in [1.165, 1.54) is 0 Å². The Bertz CT molecular complexity index is 2870. The number of aromatic nitrogens is 2. The summed E-state index contributed by atoms with van der Waals surface area (Å²) in [7, 11) is 0. The lowest BCUT2D eigenvalue weighted by atomic mass is 9.84. The van der Waals surface area contributed by atoms with E-state index in [1.54, 1.807) is 18.6 Å². The third kappa shape index (κ3) is 4.69. The van der Waals surface area contributed by atoms with Crippen molar-refractivity contribution in [1.29, 1.82) is 5.26 Å². The largest absolute Gasteiger partial charge is 0.456 e. The van der Waals surface area contributed by atoms with Crippen LogP contribution in [0.1, 0.15) is 5.56 Å². The van der Waals surface area contributed by atoms with E-state index in [1.807, 2.05) is 36.5 Å². The number of fused-ring (bicyclic) bond motifs is 5. The highest BCUT2D eigenvalue weighted by Gasteiger charge is 2.20. The molecule has 5 heteroatoms. The molecule has 0 aliphatic rings. The molecule has 3 heterocycles. The molecule has 0 fully saturated rings. The first-order valence-corrected chi connectivity index (χ1v) is 15.9. The summed E-state index contributed by atoms with van der Waals surface area (Å²) in [6.07, 6.45) is 6.78. The van der Waals surface area contributed by atoms with Gasteiger partial charge in [-0.1, -0.05) is 78.9 Å². The van der Waals surface area contributed by atoms with Gasteiger partial charge in [-0.15, -0.1) is 0 Å². The average Bonchev–Trinajstić information content (AvgIpc) is 3.53. The van der Waals surface area contributed by atoms with Crippen molar-refractivity contribution in [3.63, 3.8) is 0 Å². The van der Waals surface area contributed by atoms with Crippen molar-refractivity contribution in [3.8, 4) is 50.6 Å². The highest BCUT2D eigenvalue weighted by atomic mass is 16.3. The van der Waals surface area contributed by atoms with Crippen LogP contribution in [-0.4, -0.2) is 9.97 Å². The van der Waals surface area contributed by atoms with Crippen molar-refractivity contribution in [3.05, 3.63) is 163 Å². The van der Waals surface area contributed by atoms with Gasteiger partial charge in [-0.05, 0) is 103 Å². The fourth-order valence-corrected chi connectivity index (χ4v) is 7.03. The molecular weight excluding hydrogens is 601 g/mol. The number of para-hydroxylation sites is 1. The van der Waals surface area contributed by atoms with Gasteiger partial charge in [0.15, 0.2) is 0 Å². The zero-order valence-electron chi connectivity index (χ0n) is 26.1. The SMILES string of the molecule is [C-]#[N+]c1cncc(-c2cccc(-c3c4ccccc4c(-c4cccc(-c5cncc(C#N)c5)c4)c4cc5oc6ccccc6c5cc34)c2)c1. The molecule has 3 aromatic heterocycles. The van der Waals surface area contributed by atoms with Crippen LogP contribution in [0, 0.1) is 17.9 Å². The molecule has 0 spiro atoms. The van der Waals surface area contributed by atoms with E-state index >= 15 is 0 Å². The van der Waals surface area contributed by atoms with Gasteiger partial charge in [0, 0.05) is 41.1 Å². The summed E-state index contributed by atoms with van der Waals surface area (Å²) >= 11 is 0. The van der Waals surface area contributed by atoms with Crippen LogP contribution >= 0.6 is 0 Å². The van der Waals surface area contributed by atoms with Gasteiger partial charge >= 0.3 is 0 Å². The Morgan fingerprint density at radius 1 is 0.490 bits per heavy atom. The van der Waals surface area contributed by atoms with E-state index in [-0.39, 0.29) is 0 Å². The topological polar surface area (TPSA) is 67.1 Å². The summed E-state index contributed by atoms with van der Waals surface area (Å²) in [4.78, 5) is 12.3. The first-order valence-electron chi connectivity index (χ1n) is 15.9. The third-order valence-electron chi connectivity index (χ3n) is 9.21. The van der Waals surface area contributed by atoms with Gasteiger partial charge in [0.25, 0.3) is 0 Å². The van der Waals surface area contributed by atoms with Crippen LogP contribution in [-0.2, 0) is 0 Å². The van der Waals surface area contributed by atoms with Crippen LogP contribution in [0.5, 0.6) is 0 Å². The van der Waals surface area contributed by atoms with Crippen molar-refractivity contribution in [2.75, 3.05) is 0 Å². The maximum Gasteiger partial charge on any atom is 0.205 e. The van der Waals surface area contributed by atoms with Crippen LogP contribution in [0.15, 0.2) is 151 Å². The molecule has 0 bridgehead atoms. The van der Waals surface area contributed by atoms with E-state index in [2.05, 4.69) is 112 Å². The van der Waals surface area contributed by atoms with E-state index in [0.717, 1.165) is 88.0 Å². The van der Waals surface area contributed by atoms with Crippen molar-refractivity contribution in [2.24, 2.45) is 0 Å². The minimum absolute atomic E-state index is 0.509. The standard InChI is InChI=1S/C44H24N4O/c1-46-34-19-33(25-48-26-34)29-9-7-10-30(18-29)43-36-13-2-3-14-37(36)44(31-11-6-8-28(17-31)32-16-27(22-45)23-47-24-32)40-21-42-38(20-39(40)43)35-12-4-5-15-41(35)49-42/h2-21,23-26H. The maximum absolute atomic E-state index is 9.53. The minimum atomic E-state index is 0.509. The molecule has 0 aliphatic carbocycles. The summed E-state index contributed by atoms with van der Waals surface area (Å²) in [5.41, 5.74) is 10.8. The summed E-state index contributed by atoms with van der Waals surface area (Å²) < 4.78 is 6.46. The van der Waals surface area contributed by atoms with Gasteiger partial charge < -0.3 is 4.42 Å². The van der Waals surface area contributed by atoms with Crippen molar-refractivity contribution in [2.45, 2.75) is 0 Å². The first-order chi connectivity index (χ1) is 24.2. The molecule has 0 aliphatic heterocycles. The molecule has 49 heavy (non-hydrogen) atoms. The van der Waals surface area contributed by atoms with Gasteiger partial charge in [0.2, 0.25) is 5.69 Å². The zero-order chi connectivity index (χ0) is 32.9. The third-order valence-corrected chi connectivity index (χ3v) is 9.21. The fourth-order valence-electron chi connectivity index (χ4n) is 7.03. The lowest BCUT2D eigenvalue weighted by molar-refractivity contribution is 0.669.